The maximum absolute atomic E-state index is 14.9. The van der Waals surface area contributed by atoms with Gasteiger partial charge >= 0.3 is 0 Å². The Morgan fingerprint density at radius 1 is 0.925 bits per heavy atom. The van der Waals surface area contributed by atoms with Crippen LogP contribution in [-0.2, 0) is 32.6 Å². The van der Waals surface area contributed by atoms with Crippen LogP contribution in [0.15, 0.2) is 95.9 Å². The molecule has 2 amide bonds. The summed E-state index contributed by atoms with van der Waals surface area (Å²) in [5, 5.41) is 15.2. The van der Waals surface area contributed by atoms with Gasteiger partial charge in [0.25, 0.3) is 15.7 Å². The standard InChI is InChI=1S/C39H43ClN4O8S/c1-27-17-19-33(24-34(27)44(47)48)53(49,50)43(35-23-30(40)18-20-37(35)52-3)26-38(45)42(25-29-13-10-16-32(21-29)51-2)36(22-28-11-6-4-7-12-28)39(46)41-31-14-8-5-9-15-31/h4,6-7,10-13,16-21,23-24,31,36H,5,8-9,14-15,22,25-26H2,1-3H3,(H,41,46)/t36-/m0/s1. The third-order valence-electron chi connectivity index (χ3n) is 9.36. The van der Waals surface area contributed by atoms with Gasteiger partial charge < -0.3 is 19.7 Å². The van der Waals surface area contributed by atoms with Crippen molar-refractivity contribution < 1.29 is 32.4 Å². The molecule has 53 heavy (non-hydrogen) atoms. The molecule has 0 saturated heterocycles. The Kier molecular flexibility index (Phi) is 13.0. The average molecular weight is 763 g/mol. The van der Waals surface area contributed by atoms with Crippen LogP contribution < -0.4 is 19.1 Å². The third kappa shape index (κ3) is 9.65. The zero-order valence-electron chi connectivity index (χ0n) is 29.9. The third-order valence-corrected chi connectivity index (χ3v) is 11.4. The first-order chi connectivity index (χ1) is 25.4. The van der Waals surface area contributed by atoms with Gasteiger partial charge in [-0.1, -0.05) is 79.4 Å². The predicted octanol–water partition coefficient (Wildman–Crippen LogP) is 6.86. The van der Waals surface area contributed by atoms with Crippen LogP contribution in [0.3, 0.4) is 0 Å². The fraction of sp³-hybridized carbons (Fsp3) is 0.333. The second-order valence-electron chi connectivity index (χ2n) is 13.0. The molecule has 0 radical (unpaired) electrons. The van der Waals surface area contributed by atoms with E-state index in [1.54, 1.807) is 24.3 Å². The first-order valence-corrected chi connectivity index (χ1v) is 19.1. The van der Waals surface area contributed by atoms with Crippen molar-refractivity contribution in [2.75, 3.05) is 25.1 Å². The van der Waals surface area contributed by atoms with E-state index < -0.39 is 44.0 Å². The number of nitro benzene ring substituents is 1. The minimum absolute atomic E-state index is 0.0618. The summed E-state index contributed by atoms with van der Waals surface area (Å²) in [6.45, 7) is 0.631. The number of aryl methyl sites for hydroxylation is 1. The van der Waals surface area contributed by atoms with Gasteiger partial charge in [-0.3, -0.25) is 24.0 Å². The molecular weight excluding hydrogens is 720 g/mol. The maximum atomic E-state index is 14.9. The summed E-state index contributed by atoms with van der Waals surface area (Å²) < 4.78 is 41.0. The Morgan fingerprint density at radius 2 is 1.64 bits per heavy atom. The quantitative estimate of drug-likeness (QED) is 0.102. The topological polar surface area (TPSA) is 148 Å². The van der Waals surface area contributed by atoms with Crippen molar-refractivity contribution in [2.45, 2.75) is 69.0 Å². The monoisotopic (exact) mass is 762 g/mol. The van der Waals surface area contributed by atoms with E-state index in [4.69, 9.17) is 21.1 Å². The van der Waals surface area contributed by atoms with Crippen molar-refractivity contribution in [2.24, 2.45) is 0 Å². The number of rotatable bonds is 15. The summed E-state index contributed by atoms with van der Waals surface area (Å²) >= 11 is 6.38. The first kappa shape index (κ1) is 39.1. The fourth-order valence-electron chi connectivity index (χ4n) is 6.51. The average Bonchev–Trinajstić information content (AvgIpc) is 3.15. The van der Waals surface area contributed by atoms with Gasteiger partial charge in [-0.2, -0.15) is 0 Å². The van der Waals surface area contributed by atoms with Gasteiger partial charge in [-0.25, -0.2) is 8.42 Å². The number of benzene rings is 4. The highest BCUT2D eigenvalue weighted by molar-refractivity contribution is 7.92. The number of ether oxygens (including phenoxy) is 2. The number of halogens is 1. The molecule has 1 aliphatic carbocycles. The van der Waals surface area contributed by atoms with Crippen molar-refractivity contribution in [1.82, 2.24) is 10.2 Å². The summed E-state index contributed by atoms with van der Waals surface area (Å²) in [6, 6.07) is 23.1. The van der Waals surface area contributed by atoms with Crippen LogP contribution in [0.4, 0.5) is 11.4 Å². The number of carbonyl (C=O) groups excluding carboxylic acids is 2. The Labute approximate surface area is 314 Å². The summed E-state index contributed by atoms with van der Waals surface area (Å²) in [6.07, 6.45) is 4.82. The highest BCUT2D eigenvalue weighted by atomic mass is 35.5. The highest BCUT2D eigenvalue weighted by Crippen LogP contribution is 2.36. The summed E-state index contributed by atoms with van der Waals surface area (Å²) in [5.41, 5.74) is 1.23. The zero-order valence-corrected chi connectivity index (χ0v) is 31.4. The van der Waals surface area contributed by atoms with E-state index in [1.807, 2.05) is 30.3 Å². The number of sulfonamides is 1. The van der Waals surface area contributed by atoms with Crippen LogP contribution in [0, 0.1) is 17.0 Å². The van der Waals surface area contributed by atoms with Crippen molar-refractivity contribution in [3.8, 4) is 11.5 Å². The van der Waals surface area contributed by atoms with E-state index in [1.165, 1.54) is 56.4 Å². The Bertz CT molecular complexity index is 2040. The number of nitrogens with one attached hydrogen (secondary N) is 1. The maximum Gasteiger partial charge on any atom is 0.273 e. The second kappa shape index (κ2) is 17.6. The summed E-state index contributed by atoms with van der Waals surface area (Å²) in [4.78, 5) is 41.5. The Balaban J connectivity index is 1.64. The molecule has 1 N–H and O–H groups in total. The van der Waals surface area contributed by atoms with Gasteiger partial charge in [-0.15, -0.1) is 0 Å². The molecule has 0 aromatic heterocycles. The largest absolute Gasteiger partial charge is 0.497 e. The predicted molar refractivity (Wildman–Crippen MR) is 203 cm³/mol. The molecule has 1 atom stereocenters. The number of amides is 2. The van der Waals surface area contributed by atoms with Crippen LogP contribution in [0.1, 0.15) is 48.8 Å². The molecule has 5 rings (SSSR count). The molecule has 12 nitrogen and oxygen atoms in total. The lowest BCUT2D eigenvalue weighted by Gasteiger charge is -2.35. The molecule has 1 aliphatic rings. The molecule has 0 bridgehead atoms. The molecule has 4 aromatic carbocycles. The van der Waals surface area contributed by atoms with Crippen molar-refractivity contribution in [3.63, 3.8) is 0 Å². The molecule has 14 heteroatoms. The first-order valence-electron chi connectivity index (χ1n) is 17.3. The van der Waals surface area contributed by atoms with E-state index in [9.17, 15) is 28.1 Å². The molecular formula is C39H43ClN4O8S. The zero-order chi connectivity index (χ0) is 38.1. The smallest absolute Gasteiger partial charge is 0.273 e. The number of nitro groups is 1. The summed E-state index contributed by atoms with van der Waals surface area (Å²) in [7, 11) is -1.83. The molecule has 280 valence electrons. The van der Waals surface area contributed by atoms with Gasteiger partial charge in [0.15, 0.2) is 0 Å². The van der Waals surface area contributed by atoms with Crippen molar-refractivity contribution in [1.29, 1.82) is 0 Å². The second-order valence-corrected chi connectivity index (χ2v) is 15.3. The lowest BCUT2D eigenvalue weighted by atomic mass is 9.94. The highest BCUT2D eigenvalue weighted by Gasteiger charge is 2.37. The molecule has 1 fully saturated rings. The van der Waals surface area contributed by atoms with Crippen LogP contribution in [-0.4, -0.2) is 62.9 Å². The van der Waals surface area contributed by atoms with E-state index in [0.29, 0.717) is 11.3 Å². The van der Waals surface area contributed by atoms with Gasteiger partial charge in [0, 0.05) is 35.7 Å². The normalized spacial score (nSPS) is 13.8. The molecule has 4 aromatic rings. The lowest BCUT2D eigenvalue weighted by molar-refractivity contribution is -0.385. The SMILES string of the molecule is COc1cccc(CN(C(=O)CN(c2cc(Cl)ccc2OC)S(=O)(=O)c2ccc(C)c([N+](=O)[O-])c2)[C@@H](Cc2ccccc2)C(=O)NC2CCCCC2)c1. The van der Waals surface area contributed by atoms with E-state index >= 15 is 0 Å². The number of nitrogens with zero attached hydrogens (tertiary/aromatic N) is 3. The fourth-order valence-corrected chi connectivity index (χ4v) is 8.11. The molecule has 0 heterocycles. The van der Waals surface area contributed by atoms with Gasteiger partial charge in [0.2, 0.25) is 11.8 Å². The number of hydrogen-bond donors (Lipinski definition) is 1. The molecule has 0 unspecified atom stereocenters. The van der Waals surface area contributed by atoms with E-state index in [2.05, 4.69) is 5.32 Å². The van der Waals surface area contributed by atoms with Gasteiger partial charge in [0.05, 0.1) is 29.7 Å². The minimum Gasteiger partial charge on any atom is -0.497 e. The van der Waals surface area contributed by atoms with E-state index in [0.717, 1.165) is 48.0 Å². The minimum atomic E-state index is -4.69. The van der Waals surface area contributed by atoms with Gasteiger partial charge in [0.1, 0.15) is 24.1 Å². The van der Waals surface area contributed by atoms with Crippen molar-refractivity contribution >= 4 is 44.8 Å². The van der Waals surface area contributed by atoms with Crippen LogP contribution in [0.5, 0.6) is 11.5 Å². The van der Waals surface area contributed by atoms with Crippen LogP contribution in [0.2, 0.25) is 5.02 Å². The molecule has 1 saturated carbocycles. The van der Waals surface area contributed by atoms with Gasteiger partial charge in [-0.05, 0) is 67.3 Å². The molecule has 0 aliphatic heterocycles. The summed E-state index contributed by atoms with van der Waals surface area (Å²) in [5.74, 6) is -0.446. The van der Waals surface area contributed by atoms with Crippen LogP contribution >= 0.6 is 11.6 Å². The van der Waals surface area contributed by atoms with E-state index in [-0.39, 0.29) is 46.9 Å². The molecule has 0 spiro atoms. The number of hydrogen-bond acceptors (Lipinski definition) is 8. The van der Waals surface area contributed by atoms with Crippen molar-refractivity contribution in [3.05, 3.63) is 123 Å². The Morgan fingerprint density at radius 3 is 2.32 bits per heavy atom. The van der Waals surface area contributed by atoms with Crippen LogP contribution in [0.25, 0.3) is 0 Å². The Hall–Kier alpha value is -5.14. The number of anilines is 1. The number of methoxy groups -OCH3 is 2. The lowest BCUT2D eigenvalue weighted by Crippen LogP contribution is -2.55. The number of carbonyl (C=O) groups is 2.